The minimum atomic E-state index is -3.44. The number of nitrogens with zero attached hydrogens (tertiary/aromatic N) is 2. The maximum Gasteiger partial charge on any atom is 0.203 e. The smallest absolute Gasteiger partial charge is 0.203 e. The largest absolute Gasteiger partial charge is 0.381 e. The topological polar surface area (TPSA) is 62.3 Å². The molecule has 0 saturated carbocycles. The van der Waals surface area contributed by atoms with Gasteiger partial charge in [0.15, 0.2) is 0 Å². The van der Waals surface area contributed by atoms with E-state index in [1.54, 1.807) is 5.51 Å². The van der Waals surface area contributed by atoms with Crippen LogP contribution in [0.3, 0.4) is 0 Å². The number of nitrogens with one attached hydrogen (secondary N) is 1. The van der Waals surface area contributed by atoms with Crippen molar-refractivity contribution in [3.05, 3.63) is 45.8 Å². The Balaban J connectivity index is 1.71. The van der Waals surface area contributed by atoms with Crippen LogP contribution in [0.2, 0.25) is 0 Å². The average Bonchev–Trinajstić information content (AvgIpc) is 3.17. The molecule has 0 amide bonds. The van der Waals surface area contributed by atoms with Crippen molar-refractivity contribution < 1.29 is 8.42 Å². The zero-order valence-electron chi connectivity index (χ0n) is 13.4. The predicted octanol–water partition coefficient (Wildman–Crippen LogP) is 2.83. The molecule has 1 saturated heterocycles. The fourth-order valence-corrected chi connectivity index (χ4v) is 5.51. The second-order valence-corrected chi connectivity index (χ2v) is 8.81. The van der Waals surface area contributed by atoms with Gasteiger partial charge in [-0.25, -0.2) is 13.4 Å². The summed E-state index contributed by atoms with van der Waals surface area (Å²) in [4.78, 5) is 6.97. The van der Waals surface area contributed by atoms with E-state index in [-0.39, 0.29) is 0 Å². The van der Waals surface area contributed by atoms with Crippen LogP contribution in [0.4, 0.5) is 5.69 Å². The highest BCUT2D eigenvalue weighted by Gasteiger charge is 2.32. The fourth-order valence-electron chi connectivity index (χ4n) is 3.36. The Labute approximate surface area is 146 Å². The molecule has 2 aromatic rings. The Morgan fingerprint density at radius 3 is 2.79 bits per heavy atom. The van der Waals surface area contributed by atoms with E-state index in [9.17, 15) is 8.42 Å². The molecule has 0 radical (unpaired) electrons. The van der Waals surface area contributed by atoms with Gasteiger partial charge in [0.1, 0.15) is 4.90 Å². The Kier molecular flexibility index (Phi) is 3.94. The Bertz CT molecular complexity index is 881. The molecular weight excluding hydrogens is 342 g/mol. The molecule has 2 aliphatic rings. The molecule has 0 spiro atoms. The molecule has 24 heavy (non-hydrogen) atoms. The monoisotopic (exact) mass is 361 g/mol. The van der Waals surface area contributed by atoms with Gasteiger partial charge >= 0.3 is 0 Å². The first-order chi connectivity index (χ1) is 11.5. The summed E-state index contributed by atoms with van der Waals surface area (Å²) in [5.74, 6) is 0. The number of rotatable bonds is 3. The van der Waals surface area contributed by atoms with Gasteiger partial charge in [-0.1, -0.05) is 12.1 Å². The van der Waals surface area contributed by atoms with E-state index >= 15 is 0 Å². The van der Waals surface area contributed by atoms with Crippen molar-refractivity contribution in [2.24, 2.45) is 0 Å². The Morgan fingerprint density at radius 1 is 1.29 bits per heavy atom. The molecule has 2 aliphatic heterocycles. The molecule has 1 fully saturated rings. The van der Waals surface area contributed by atoms with Crippen molar-refractivity contribution in [2.75, 3.05) is 25.5 Å². The maximum absolute atomic E-state index is 12.7. The second-order valence-electron chi connectivity index (χ2n) is 6.35. The summed E-state index contributed by atoms with van der Waals surface area (Å²) in [5, 5.41) is 6.70. The summed E-state index contributed by atoms with van der Waals surface area (Å²) >= 11 is 1.47. The van der Waals surface area contributed by atoms with E-state index < -0.39 is 9.84 Å². The first-order valence-electron chi connectivity index (χ1n) is 7.98. The summed E-state index contributed by atoms with van der Waals surface area (Å²) in [6, 6.07) is 5.96. The van der Waals surface area contributed by atoms with Crippen molar-refractivity contribution in [3.63, 3.8) is 0 Å². The first kappa shape index (κ1) is 15.8. The van der Waals surface area contributed by atoms with Crippen LogP contribution in [-0.2, 0) is 9.84 Å². The van der Waals surface area contributed by atoms with E-state index in [4.69, 9.17) is 0 Å². The molecule has 4 rings (SSSR count). The van der Waals surface area contributed by atoms with Gasteiger partial charge < -0.3 is 10.2 Å². The number of likely N-dealkylation sites (tertiary alicyclic amines) is 1. The molecule has 3 heterocycles. The summed E-state index contributed by atoms with van der Waals surface area (Å²) in [6.45, 7) is 2.06. The summed E-state index contributed by atoms with van der Waals surface area (Å²) < 4.78 is 25.4. The molecule has 1 aromatic carbocycles. The Morgan fingerprint density at radius 2 is 2.08 bits per heavy atom. The van der Waals surface area contributed by atoms with Gasteiger partial charge in [0.2, 0.25) is 9.84 Å². The zero-order chi connectivity index (χ0) is 16.7. The third-order valence-corrected chi connectivity index (χ3v) is 6.79. The number of hydrogen-bond acceptors (Lipinski definition) is 6. The molecule has 5 nitrogen and oxygen atoms in total. The molecule has 0 bridgehead atoms. The zero-order valence-corrected chi connectivity index (χ0v) is 15.0. The van der Waals surface area contributed by atoms with Gasteiger partial charge in [-0.15, -0.1) is 11.3 Å². The number of fused-ring (bicyclic) bond motifs is 1. The number of benzene rings is 1. The van der Waals surface area contributed by atoms with E-state index in [2.05, 4.69) is 22.2 Å². The highest BCUT2D eigenvalue weighted by molar-refractivity contribution is 7.95. The summed E-state index contributed by atoms with van der Waals surface area (Å²) in [5.41, 5.74) is 4.60. The molecule has 0 atom stereocenters. The predicted molar refractivity (Wildman–Crippen MR) is 97.0 cm³/mol. The van der Waals surface area contributed by atoms with Crippen LogP contribution in [0.25, 0.3) is 5.57 Å². The van der Waals surface area contributed by atoms with Gasteiger partial charge in [-0.2, -0.15) is 0 Å². The highest BCUT2D eigenvalue weighted by Crippen LogP contribution is 2.41. The van der Waals surface area contributed by atoms with Crippen molar-refractivity contribution in [1.82, 2.24) is 9.88 Å². The van der Waals surface area contributed by atoms with Crippen LogP contribution in [0.1, 0.15) is 24.1 Å². The van der Waals surface area contributed by atoms with Crippen LogP contribution >= 0.6 is 11.3 Å². The second kappa shape index (κ2) is 5.98. The molecule has 0 unspecified atom stereocenters. The molecule has 126 valence electrons. The van der Waals surface area contributed by atoms with Crippen LogP contribution in [0, 0.1) is 0 Å². The SMILES string of the molecule is CN1CCC(Nc2cccc3c2S(=O)(=O)C=C3c2cscn2)CC1. The van der Waals surface area contributed by atoms with Gasteiger partial charge in [0.05, 0.1) is 16.9 Å². The lowest BCUT2D eigenvalue weighted by Crippen LogP contribution is -2.36. The van der Waals surface area contributed by atoms with Crippen molar-refractivity contribution in [2.45, 2.75) is 23.8 Å². The third kappa shape index (κ3) is 2.76. The standard InChI is InChI=1S/C17H19N3O2S2/c1-20-7-5-12(6-8-20)19-15-4-2-3-13-14(16-9-23-11-18-16)10-24(21,22)17(13)15/h2-4,9-12,19H,5-8H2,1H3. The van der Waals surface area contributed by atoms with Gasteiger partial charge in [-0.3, -0.25) is 0 Å². The molecule has 1 N–H and O–H groups in total. The molecular formula is C17H19N3O2S2. The van der Waals surface area contributed by atoms with Crippen molar-refractivity contribution in [1.29, 1.82) is 0 Å². The van der Waals surface area contributed by atoms with E-state index in [0.29, 0.717) is 22.2 Å². The van der Waals surface area contributed by atoms with E-state index in [0.717, 1.165) is 37.2 Å². The first-order valence-corrected chi connectivity index (χ1v) is 10.5. The lowest BCUT2D eigenvalue weighted by Gasteiger charge is -2.30. The van der Waals surface area contributed by atoms with Crippen LogP contribution in [0.5, 0.6) is 0 Å². The minimum absolute atomic E-state index is 0.311. The fraction of sp³-hybridized carbons (Fsp3) is 0.353. The lowest BCUT2D eigenvalue weighted by molar-refractivity contribution is 0.264. The average molecular weight is 361 g/mol. The van der Waals surface area contributed by atoms with E-state index in [1.807, 2.05) is 23.6 Å². The Hall–Kier alpha value is -1.70. The van der Waals surface area contributed by atoms with Crippen LogP contribution in [0.15, 0.2) is 39.4 Å². The van der Waals surface area contributed by atoms with Gasteiger partial charge in [0, 0.05) is 28.0 Å². The number of piperidine rings is 1. The van der Waals surface area contributed by atoms with Crippen LogP contribution < -0.4 is 5.32 Å². The summed E-state index contributed by atoms with van der Waals surface area (Å²) in [7, 11) is -1.33. The molecule has 0 aliphatic carbocycles. The van der Waals surface area contributed by atoms with Gasteiger partial charge in [-0.05, 0) is 39.0 Å². The quantitative estimate of drug-likeness (QED) is 0.911. The molecule has 1 aromatic heterocycles. The van der Waals surface area contributed by atoms with Gasteiger partial charge in [0.25, 0.3) is 0 Å². The maximum atomic E-state index is 12.7. The van der Waals surface area contributed by atoms with E-state index in [1.165, 1.54) is 16.7 Å². The highest BCUT2D eigenvalue weighted by atomic mass is 32.2. The minimum Gasteiger partial charge on any atom is -0.381 e. The van der Waals surface area contributed by atoms with Crippen molar-refractivity contribution >= 4 is 32.4 Å². The van der Waals surface area contributed by atoms with Crippen LogP contribution in [-0.4, -0.2) is 44.5 Å². The normalized spacial score (nSPS) is 20.6. The lowest BCUT2D eigenvalue weighted by atomic mass is 10.0. The number of sulfone groups is 1. The number of anilines is 1. The van der Waals surface area contributed by atoms with Crippen molar-refractivity contribution in [3.8, 4) is 0 Å². The number of thiazole rings is 1. The summed E-state index contributed by atoms with van der Waals surface area (Å²) in [6.07, 6.45) is 2.04. The third-order valence-electron chi connectivity index (χ3n) is 4.65. The molecule has 7 heteroatoms. The number of hydrogen-bond donors (Lipinski definition) is 1. The number of aromatic nitrogens is 1.